The van der Waals surface area contributed by atoms with Gasteiger partial charge in [-0.3, -0.25) is 14.4 Å². The van der Waals surface area contributed by atoms with Crippen molar-refractivity contribution in [2.45, 2.75) is 324 Å². The first kappa shape index (κ1) is 77.8. The lowest BCUT2D eigenvalue weighted by Gasteiger charge is -2.22. The summed E-state index contributed by atoms with van der Waals surface area (Å²) in [6.45, 7) is 24.1. The molecule has 0 aliphatic heterocycles. The summed E-state index contributed by atoms with van der Waals surface area (Å²) in [5.74, 6) is 0.00891. The molecule has 0 aliphatic carbocycles. The van der Waals surface area contributed by atoms with Crippen LogP contribution in [0.25, 0.3) is 0 Å². The average Bonchev–Trinajstić information content (AvgIpc) is 3.41. The van der Waals surface area contributed by atoms with Gasteiger partial charge in [-0.1, -0.05) is 273 Å². The Balaban J connectivity index is -0.000000568. The molecule has 0 spiro atoms. The first-order valence-corrected chi connectivity index (χ1v) is 32.4. The van der Waals surface area contributed by atoms with Crippen LogP contribution in [0.15, 0.2) is 0 Å². The van der Waals surface area contributed by atoms with Crippen molar-refractivity contribution in [3.63, 3.8) is 0 Å². The Kier molecular flexibility index (Phi) is 81.8. The van der Waals surface area contributed by atoms with Gasteiger partial charge in [-0.2, -0.15) is 0 Å². The third-order valence-corrected chi connectivity index (χ3v) is 14.0. The summed E-state index contributed by atoms with van der Waals surface area (Å²) in [6.07, 6.45) is 60.8. The molecule has 0 bridgehead atoms. The van der Waals surface area contributed by atoms with Crippen LogP contribution in [-0.2, 0) is 19.1 Å². The van der Waals surface area contributed by atoms with Crippen LogP contribution in [-0.4, -0.2) is 102 Å². The van der Waals surface area contributed by atoms with Crippen LogP contribution < -0.4 is 16.0 Å². The molecule has 0 unspecified atom stereocenters. The highest BCUT2D eigenvalue weighted by molar-refractivity contribution is 5.69. The molecule has 9 heteroatoms. The zero-order chi connectivity index (χ0) is 54.5. The van der Waals surface area contributed by atoms with Gasteiger partial charge < -0.3 is 30.5 Å². The summed E-state index contributed by atoms with van der Waals surface area (Å²) in [6, 6.07) is 0. The van der Waals surface area contributed by atoms with Crippen LogP contribution in [0.5, 0.6) is 0 Å². The number of esters is 1. The van der Waals surface area contributed by atoms with E-state index in [1.165, 1.54) is 309 Å². The summed E-state index contributed by atoms with van der Waals surface area (Å²) < 4.78 is 5.49. The lowest BCUT2D eigenvalue weighted by molar-refractivity contribution is -0.144. The van der Waals surface area contributed by atoms with E-state index < -0.39 is 0 Å². The van der Waals surface area contributed by atoms with Gasteiger partial charge in [0.05, 0.1) is 6.61 Å². The van der Waals surface area contributed by atoms with Crippen LogP contribution >= 0.6 is 0 Å². The third-order valence-electron chi connectivity index (χ3n) is 14.0. The fourth-order valence-corrected chi connectivity index (χ4v) is 9.16. The molecule has 0 saturated heterocycles. The molecule has 0 atom stereocenters. The fraction of sp³-hybridized carbons (Fsp3) is 0.953. The molecule has 73 heavy (non-hydrogen) atoms. The summed E-state index contributed by atoms with van der Waals surface area (Å²) in [5, 5.41) is 8.23. The highest BCUT2D eigenvalue weighted by atomic mass is 16.5. The number of carbonyl (C=O) groups is 3. The number of hydrogen-bond acceptors (Lipinski definition) is 7. The molecule has 0 radical (unpaired) electrons. The van der Waals surface area contributed by atoms with Gasteiger partial charge in [-0.05, 0) is 77.7 Å². The van der Waals surface area contributed by atoms with Crippen molar-refractivity contribution < 1.29 is 19.1 Å². The number of hydrogen-bond donors (Lipinski definition) is 3. The number of nitrogens with zero attached hydrogens (tertiary/aromatic N) is 2. The van der Waals surface area contributed by atoms with Gasteiger partial charge in [0, 0.05) is 40.2 Å². The Labute approximate surface area is 459 Å². The molecule has 440 valence electrons. The molecule has 0 aromatic heterocycles. The van der Waals surface area contributed by atoms with Crippen molar-refractivity contribution in [3.05, 3.63) is 0 Å². The number of amides is 2. The van der Waals surface area contributed by atoms with Crippen LogP contribution in [0.1, 0.15) is 324 Å². The van der Waals surface area contributed by atoms with E-state index in [2.05, 4.69) is 67.3 Å². The highest BCUT2D eigenvalue weighted by Gasteiger charge is 2.08. The van der Waals surface area contributed by atoms with Crippen LogP contribution in [0, 0.1) is 0 Å². The second-order valence-electron chi connectivity index (χ2n) is 21.3. The SMILES string of the molecule is CCCCCCCCCCCCCCN(CCCC)CCCOC(=O)CCCCCCCCC.CCCCCCCCCNCCN(CCCCCCCCC)CCCCCCCCC.CNC=O.CNC=O. The Morgan fingerprint density at radius 2 is 0.589 bits per heavy atom. The molecule has 0 fully saturated rings. The van der Waals surface area contributed by atoms with E-state index in [1.54, 1.807) is 14.1 Å². The van der Waals surface area contributed by atoms with Crippen molar-refractivity contribution in [1.82, 2.24) is 25.8 Å². The standard InChI is InChI=1S/C31H63NO2.C29H62N2.2C2H5NO/c1-4-7-10-12-14-15-16-17-18-20-22-24-28-32(27-9-6-3)29-25-30-34-31(33)26-23-21-19-13-11-8-5-2;1-4-7-10-13-16-19-22-25-30-26-29-31(27-23-20-17-14-11-8-5-2)28-24-21-18-15-12-9-6-3;2*1-3-2-4/h4-30H2,1-3H3;30H,4-29H2,1-3H3;2*2H,1H3,(H,3,4). The normalized spacial score (nSPS) is 10.8. The van der Waals surface area contributed by atoms with E-state index >= 15 is 0 Å². The van der Waals surface area contributed by atoms with Crippen LogP contribution in [0.4, 0.5) is 0 Å². The Morgan fingerprint density at radius 1 is 0.329 bits per heavy atom. The van der Waals surface area contributed by atoms with Crippen LogP contribution in [0.3, 0.4) is 0 Å². The quantitative estimate of drug-likeness (QED) is 0.0317. The summed E-state index contributed by atoms with van der Waals surface area (Å²) in [4.78, 5) is 35.4. The van der Waals surface area contributed by atoms with E-state index in [9.17, 15) is 4.79 Å². The van der Waals surface area contributed by atoms with Crippen molar-refractivity contribution in [1.29, 1.82) is 0 Å². The van der Waals surface area contributed by atoms with Gasteiger partial charge in [-0.25, -0.2) is 0 Å². The van der Waals surface area contributed by atoms with E-state index in [4.69, 9.17) is 14.3 Å². The second kappa shape index (κ2) is 76.8. The van der Waals surface area contributed by atoms with Gasteiger partial charge in [0.15, 0.2) is 0 Å². The molecular weight excluding hydrogens is 903 g/mol. The lowest BCUT2D eigenvalue weighted by atomic mass is 10.1. The van der Waals surface area contributed by atoms with E-state index in [0.717, 1.165) is 19.4 Å². The number of nitrogens with one attached hydrogen (secondary N) is 3. The highest BCUT2D eigenvalue weighted by Crippen LogP contribution is 2.14. The minimum absolute atomic E-state index is 0.00891. The van der Waals surface area contributed by atoms with Crippen molar-refractivity contribution in [2.75, 3.05) is 73.1 Å². The Hall–Kier alpha value is -1.71. The monoisotopic (exact) mass is 1040 g/mol. The van der Waals surface area contributed by atoms with Gasteiger partial charge in [0.1, 0.15) is 0 Å². The molecule has 0 aromatic rings. The predicted molar refractivity (Wildman–Crippen MR) is 324 cm³/mol. The van der Waals surface area contributed by atoms with Crippen LogP contribution in [0.2, 0.25) is 0 Å². The van der Waals surface area contributed by atoms with Gasteiger partial charge in [0.25, 0.3) is 0 Å². The number of ether oxygens (including phenoxy) is 1. The van der Waals surface area contributed by atoms with E-state index in [0.29, 0.717) is 25.8 Å². The Morgan fingerprint density at radius 3 is 0.918 bits per heavy atom. The van der Waals surface area contributed by atoms with Crippen molar-refractivity contribution in [3.8, 4) is 0 Å². The maximum Gasteiger partial charge on any atom is 0.305 e. The third kappa shape index (κ3) is 79.3. The summed E-state index contributed by atoms with van der Waals surface area (Å²) in [5.41, 5.74) is 0. The zero-order valence-electron chi connectivity index (χ0n) is 51.2. The lowest BCUT2D eigenvalue weighted by Crippen LogP contribution is -2.34. The number of unbranched alkanes of at least 4 members (excludes halogenated alkanes) is 36. The number of carbonyl (C=O) groups excluding carboxylic acids is 3. The largest absolute Gasteiger partial charge is 0.466 e. The smallest absolute Gasteiger partial charge is 0.305 e. The van der Waals surface area contributed by atoms with E-state index in [-0.39, 0.29) is 5.97 Å². The average molecular weight is 1040 g/mol. The first-order chi connectivity index (χ1) is 35.9. The summed E-state index contributed by atoms with van der Waals surface area (Å²) in [7, 11) is 3.12. The second-order valence-corrected chi connectivity index (χ2v) is 21.3. The topological polar surface area (TPSA) is 103 Å². The van der Waals surface area contributed by atoms with Gasteiger partial charge in [-0.15, -0.1) is 0 Å². The Bertz CT molecular complexity index is 949. The maximum atomic E-state index is 12.0. The maximum absolute atomic E-state index is 12.0. The molecule has 0 aliphatic rings. The van der Waals surface area contributed by atoms with Gasteiger partial charge >= 0.3 is 5.97 Å². The van der Waals surface area contributed by atoms with Gasteiger partial charge in [0.2, 0.25) is 12.8 Å². The predicted octanol–water partition coefficient (Wildman–Crippen LogP) is 17.7. The fourth-order valence-electron chi connectivity index (χ4n) is 9.16. The minimum Gasteiger partial charge on any atom is -0.466 e. The minimum atomic E-state index is 0.00891. The molecule has 3 N–H and O–H groups in total. The molecule has 2 amide bonds. The number of rotatable bonds is 57. The molecule has 0 saturated carbocycles. The summed E-state index contributed by atoms with van der Waals surface area (Å²) >= 11 is 0. The van der Waals surface area contributed by atoms with E-state index in [1.807, 2.05) is 0 Å². The first-order valence-electron chi connectivity index (χ1n) is 32.4. The van der Waals surface area contributed by atoms with Crippen molar-refractivity contribution >= 4 is 18.8 Å². The van der Waals surface area contributed by atoms with Crippen molar-refractivity contribution in [2.24, 2.45) is 0 Å². The molecule has 0 heterocycles. The molecule has 0 aromatic carbocycles. The molecule has 0 rings (SSSR count). The zero-order valence-corrected chi connectivity index (χ0v) is 51.2. The molecular formula is C64H135N5O4. The molecule has 9 nitrogen and oxygen atoms in total.